The molecule has 0 aliphatic carbocycles. The van der Waals surface area contributed by atoms with Crippen LogP contribution in [-0.2, 0) is 4.74 Å². The van der Waals surface area contributed by atoms with Crippen LogP contribution < -0.4 is 5.32 Å². The molecule has 0 spiro atoms. The lowest BCUT2D eigenvalue weighted by Crippen LogP contribution is -2.45. The van der Waals surface area contributed by atoms with Crippen LogP contribution in [0.3, 0.4) is 0 Å². The van der Waals surface area contributed by atoms with Crippen molar-refractivity contribution in [3.8, 4) is 0 Å². The normalized spacial score (nSPS) is 29.2. The van der Waals surface area contributed by atoms with E-state index in [2.05, 4.69) is 38.0 Å². The average molecular weight is 228 g/mol. The van der Waals surface area contributed by atoms with Crippen molar-refractivity contribution in [1.29, 1.82) is 0 Å². The maximum absolute atomic E-state index is 5.73. The highest BCUT2D eigenvalue weighted by molar-refractivity contribution is 4.73. The fourth-order valence-electron chi connectivity index (χ4n) is 2.58. The van der Waals surface area contributed by atoms with Crippen molar-refractivity contribution in [2.75, 3.05) is 26.7 Å². The van der Waals surface area contributed by atoms with Crippen molar-refractivity contribution in [2.45, 2.75) is 58.3 Å². The second kappa shape index (κ2) is 7.25. The standard InChI is InChI=1S/C13H28N2O/c1-5-13(14-4)7-6-8-15-9-11(2)16-12(3)10-15/h11-14H,5-10H2,1-4H3. The molecule has 0 aromatic rings. The van der Waals surface area contributed by atoms with Crippen molar-refractivity contribution in [3.05, 3.63) is 0 Å². The summed E-state index contributed by atoms with van der Waals surface area (Å²) in [5.41, 5.74) is 0. The third kappa shape index (κ3) is 4.81. The Labute approximate surface area is 101 Å². The molecule has 0 bridgehead atoms. The molecule has 16 heavy (non-hydrogen) atoms. The zero-order valence-corrected chi connectivity index (χ0v) is 11.3. The Morgan fingerprint density at radius 2 is 1.94 bits per heavy atom. The molecule has 0 radical (unpaired) electrons. The average Bonchev–Trinajstić information content (AvgIpc) is 2.23. The Morgan fingerprint density at radius 3 is 2.44 bits per heavy atom. The molecule has 1 saturated heterocycles. The highest BCUT2D eigenvalue weighted by Gasteiger charge is 2.21. The molecular weight excluding hydrogens is 200 g/mol. The van der Waals surface area contributed by atoms with Crippen molar-refractivity contribution in [2.24, 2.45) is 0 Å². The van der Waals surface area contributed by atoms with E-state index in [1.165, 1.54) is 25.8 Å². The van der Waals surface area contributed by atoms with Crippen LogP contribution in [0.5, 0.6) is 0 Å². The fraction of sp³-hybridized carbons (Fsp3) is 1.00. The van der Waals surface area contributed by atoms with Crippen LogP contribution in [0, 0.1) is 0 Å². The molecule has 3 atom stereocenters. The molecule has 1 aliphatic rings. The van der Waals surface area contributed by atoms with Crippen LogP contribution in [0.15, 0.2) is 0 Å². The largest absolute Gasteiger partial charge is 0.373 e. The first kappa shape index (κ1) is 13.9. The molecule has 0 amide bonds. The molecule has 0 saturated carbocycles. The minimum absolute atomic E-state index is 0.398. The van der Waals surface area contributed by atoms with Gasteiger partial charge in [-0.2, -0.15) is 0 Å². The van der Waals surface area contributed by atoms with Gasteiger partial charge >= 0.3 is 0 Å². The predicted molar refractivity (Wildman–Crippen MR) is 68.8 cm³/mol. The molecular formula is C13H28N2O. The minimum atomic E-state index is 0.398. The summed E-state index contributed by atoms with van der Waals surface area (Å²) in [5.74, 6) is 0. The summed E-state index contributed by atoms with van der Waals surface area (Å²) in [7, 11) is 2.06. The number of ether oxygens (including phenoxy) is 1. The fourth-order valence-corrected chi connectivity index (χ4v) is 2.58. The molecule has 1 rings (SSSR count). The van der Waals surface area contributed by atoms with Gasteiger partial charge in [-0.3, -0.25) is 4.90 Å². The van der Waals surface area contributed by atoms with Gasteiger partial charge in [0.25, 0.3) is 0 Å². The summed E-state index contributed by atoms with van der Waals surface area (Å²) >= 11 is 0. The van der Waals surface area contributed by atoms with Crippen molar-refractivity contribution in [3.63, 3.8) is 0 Å². The van der Waals surface area contributed by atoms with Crippen LogP contribution in [0.1, 0.15) is 40.0 Å². The van der Waals surface area contributed by atoms with Gasteiger partial charge in [-0.05, 0) is 46.7 Å². The number of nitrogens with one attached hydrogen (secondary N) is 1. The highest BCUT2D eigenvalue weighted by Crippen LogP contribution is 2.12. The lowest BCUT2D eigenvalue weighted by atomic mass is 10.1. The van der Waals surface area contributed by atoms with E-state index < -0.39 is 0 Å². The maximum Gasteiger partial charge on any atom is 0.0678 e. The van der Waals surface area contributed by atoms with Gasteiger partial charge in [0.05, 0.1) is 12.2 Å². The number of morpholine rings is 1. The van der Waals surface area contributed by atoms with Gasteiger partial charge in [-0.15, -0.1) is 0 Å². The summed E-state index contributed by atoms with van der Waals surface area (Å²) in [5, 5.41) is 3.36. The van der Waals surface area contributed by atoms with E-state index in [1.807, 2.05) is 0 Å². The third-order valence-electron chi connectivity index (χ3n) is 3.42. The molecule has 1 fully saturated rings. The number of nitrogens with zero attached hydrogens (tertiary/aromatic N) is 1. The number of hydrogen-bond acceptors (Lipinski definition) is 3. The van der Waals surface area contributed by atoms with Gasteiger partial charge in [0.15, 0.2) is 0 Å². The summed E-state index contributed by atoms with van der Waals surface area (Å²) in [4.78, 5) is 2.54. The van der Waals surface area contributed by atoms with E-state index in [0.29, 0.717) is 18.2 Å². The first-order valence-electron chi connectivity index (χ1n) is 6.70. The van der Waals surface area contributed by atoms with Crippen LogP contribution in [0.25, 0.3) is 0 Å². The molecule has 1 heterocycles. The zero-order chi connectivity index (χ0) is 12.0. The molecule has 3 nitrogen and oxygen atoms in total. The zero-order valence-electron chi connectivity index (χ0n) is 11.3. The Bertz CT molecular complexity index is 173. The number of hydrogen-bond donors (Lipinski definition) is 1. The Morgan fingerprint density at radius 1 is 1.31 bits per heavy atom. The molecule has 0 aromatic carbocycles. The van der Waals surface area contributed by atoms with E-state index in [0.717, 1.165) is 13.1 Å². The van der Waals surface area contributed by atoms with Crippen LogP contribution in [-0.4, -0.2) is 49.8 Å². The molecule has 1 aliphatic heterocycles. The van der Waals surface area contributed by atoms with Crippen LogP contribution in [0.2, 0.25) is 0 Å². The molecule has 0 aromatic heterocycles. The molecule has 3 unspecified atom stereocenters. The maximum atomic E-state index is 5.73. The molecule has 1 N–H and O–H groups in total. The van der Waals surface area contributed by atoms with Crippen LogP contribution in [0.4, 0.5) is 0 Å². The summed E-state index contributed by atoms with van der Waals surface area (Å²) in [6.07, 6.45) is 4.60. The lowest BCUT2D eigenvalue weighted by Gasteiger charge is -2.35. The first-order valence-corrected chi connectivity index (χ1v) is 6.70. The van der Waals surface area contributed by atoms with E-state index >= 15 is 0 Å². The van der Waals surface area contributed by atoms with E-state index in [9.17, 15) is 0 Å². The molecule has 3 heteroatoms. The van der Waals surface area contributed by atoms with E-state index in [1.54, 1.807) is 0 Å². The predicted octanol–water partition coefficient (Wildman–Crippen LogP) is 1.87. The minimum Gasteiger partial charge on any atom is -0.373 e. The van der Waals surface area contributed by atoms with Gasteiger partial charge in [-0.25, -0.2) is 0 Å². The smallest absolute Gasteiger partial charge is 0.0678 e. The lowest BCUT2D eigenvalue weighted by molar-refractivity contribution is -0.0682. The Balaban J connectivity index is 2.16. The SMILES string of the molecule is CCC(CCCN1CC(C)OC(C)C1)NC. The third-order valence-corrected chi connectivity index (χ3v) is 3.42. The molecule has 96 valence electrons. The summed E-state index contributed by atoms with van der Waals surface area (Å²) in [6, 6.07) is 0.691. The van der Waals surface area contributed by atoms with Crippen molar-refractivity contribution in [1.82, 2.24) is 10.2 Å². The van der Waals surface area contributed by atoms with E-state index in [4.69, 9.17) is 4.74 Å². The van der Waals surface area contributed by atoms with Crippen molar-refractivity contribution < 1.29 is 4.74 Å². The first-order chi connectivity index (χ1) is 7.65. The quantitative estimate of drug-likeness (QED) is 0.751. The van der Waals surface area contributed by atoms with Crippen molar-refractivity contribution >= 4 is 0 Å². The van der Waals surface area contributed by atoms with Crippen LogP contribution >= 0.6 is 0 Å². The second-order valence-corrected chi connectivity index (χ2v) is 5.05. The van der Waals surface area contributed by atoms with Gasteiger partial charge in [-0.1, -0.05) is 6.92 Å². The Hall–Kier alpha value is -0.120. The number of rotatable bonds is 6. The van der Waals surface area contributed by atoms with Gasteiger partial charge in [0.2, 0.25) is 0 Å². The van der Waals surface area contributed by atoms with Gasteiger partial charge in [0.1, 0.15) is 0 Å². The monoisotopic (exact) mass is 228 g/mol. The van der Waals surface area contributed by atoms with E-state index in [-0.39, 0.29) is 0 Å². The Kier molecular flexibility index (Phi) is 6.32. The topological polar surface area (TPSA) is 24.5 Å². The second-order valence-electron chi connectivity index (χ2n) is 5.05. The summed E-state index contributed by atoms with van der Waals surface area (Å²) in [6.45, 7) is 10.0. The van der Waals surface area contributed by atoms with Gasteiger partial charge < -0.3 is 10.1 Å². The highest BCUT2D eigenvalue weighted by atomic mass is 16.5. The summed E-state index contributed by atoms with van der Waals surface area (Å²) < 4.78 is 5.73. The van der Waals surface area contributed by atoms with Gasteiger partial charge in [0, 0.05) is 19.1 Å².